The van der Waals surface area contributed by atoms with Gasteiger partial charge in [-0.15, -0.1) is 0 Å². The monoisotopic (exact) mass is 550 g/mol. The maximum atomic E-state index is 11.8. The fourth-order valence-corrected chi connectivity index (χ4v) is 3.64. The van der Waals surface area contributed by atoms with Crippen LogP contribution in [0.5, 0.6) is 11.5 Å². The summed E-state index contributed by atoms with van der Waals surface area (Å²) in [6.45, 7) is 3.91. The maximum absolute atomic E-state index is 11.8. The van der Waals surface area contributed by atoms with Crippen LogP contribution in [0.2, 0.25) is 0 Å². The van der Waals surface area contributed by atoms with Crippen LogP contribution in [0.1, 0.15) is 16.7 Å². The molecule has 0 heterocycles. The molecule has 24 heavy (non-hydrogen) atoms. The van der Waals surface area contributed by atoms with Crippen molar-refractivity contribution in [3.63, 3.8) is 0 Å². The van der Waals surface area contributed by atoms with Crippen LogP contribution < -0.4 is 10.2 Å². The summed E-state index contributed by atoms with van der Waals surface area (Å²) in [4.78, 5) is 11.8. The topological polar surface area (TPSA) is 70.9 Å². The van der Waals surface area contributed by atoms with Crippen LogP contribution in [0.3, 0.4) is 0 Å². The smallest absolute Gasteiger partial charge is 0.277 e. The molecule has 0 fully saturated rings. The number of hydrazone groups is 1. The van der Waals surface area contributed by atoms with Crippen LogP contribution in [0.25, 0.3) is 0 Å². The number of rotatable bonds is 5. The lowest BCUT2D eigenvalue weighted by Gasteiger charge is -2.07. The number of carbonyl (C=O) groups is 1. The van der Waals surface area contributed by atoms with E-state index in [4.69, 9.17) is 4.74 Å². The molecule has 2 aromatic rings. The van der Waals surface area contributed by atoms with Gasteiger partial charge in [0.05, 0.1) is 13.4 Å². The normalized spacial score (nSPS) is 10.8. The molecule has 0 bridgehead atoms. The Kier molecular flexibility index (Phi) is 6.84. The molecule has 7 heteroatoms. The van der Waals surface area contributed by atoms with Gasteiger partial charge < -0.3 is 9.84 Å². The van der Waals surface area contributed by atoms with Crippen LogP contribution in [-0.2, 0) is 4.79 Å². The first-order valence-corrected chi connectivity index (χ1v) is 9.22. The van der Waals surface area contributed by atoms with Crippen LogP contribution in [0.15, 0.2) is 35.4 Å². The summed E-state index contributed by atoms with van der Waals surface area (Å²) in [5.74, 6) is 0.562. The molecule has 0 aliphatic heterocycles. The quantitative estimate of drug-likeness (QED) is 0.339. The van der Waals surface area contributed by atoms with Crippen molar-refractivity contribution in [1.82, 2.24) is 5.43 Å². The van der Waals surface area contributed by atoms with E-state index in [1.165, 1.54) is 11.8 Å². The summed E-state index contributed by atoms with van der Waals surface area (Å²) in [5.41, 5.74) is 5.50. The van der Waals surface area contributed by atoms with Gasteiger partial charge in [0, 0.05) is 0 Å². The van der Waals surface area contributed by atoms with Gasteiger partial charge in [0.1, 0.15) is 11.5 Å². The van der Waals surface area contributed by atoms with Crippen LogP contribution in [-0.4, -0.2) is 23.8 Å². The lowest BCUT2D eigenvalue weighted by molar-refractivity contribution is -0.123. The van der Waals surface area contributed by atoms with Gasteiger partial charge in [0.15, 0.2) is 6.61 Å². The van der Waals surface area contributed by atoms with E-state index < -0.39 is 0 Å². The van der Waals surface area contributed by atoms with E-state index >= 15 is 0 Å². The fourth-order valence-electron chi connectivity index (χ4n) is 1.82. The second-order valence-corrected chi connectivity index (χ2v) is 7.49. The molecular formula is C17H16I2N2O3. The van der Waals surface area contributed by atoms with Crippen LogP contribution in [0, 0.1) is 21.0 Å². The molecule has 2 rings (SSSR count). The number of hydrogen-bond acceptors (Lipinski definition) is 4. The molecule has 1 amide bonds. The van der Waals surface area contributed by atoms with E-state index in [0.717, 1.165) is 18.3 Å². The minimum atomic E-state index is -0.340. The number of halogens is 2. The number of ether oxygens (including phenoxy) is 1. The van der Waals surface area contributed by atoms with Gasteiger partial charge in [0.2, 0.25) is 0 Å². The predicted molar refractivity (Wildman–Crippen MR) is 111 cm³/mol. The third kappa shape index (κ3) is 5.33. The zero-order valence-electron chi connectivity index (χ0n) is 13.1. The van der Waals surface area contributed by atoms with Gasteiger partial charge in [-0.25, -0.2) is 5.43 Å². The van der Waals surface area contributed by atoms with Gasteiger partial charge in [-0.3, -0.25) is 4.79 Å². The molecule has 5 nitrogen and oxygen atoms in total. The molecule has 0 aromatic heterocycles. The number of nitrogens with zero attached hydrogens (tertiary/aromatic N) is 1. The first kappa shape index (κ1) is 19.0. The average Bonchev–Trinajstić information content (AvgIpc) is 2.53. The molecule has 0 atom stereocenters. The summed E-state index contributed by atoms with van der Waals surface area (Å²) in [7, 11) is 0. The molecule has 0 saturated carbocycles. The van der Waals surface area contributed by atoms with Gasteiger partial charge in [-0.05, 0) is 100.0 Å². The second-order valence-electron chi connectivity index (χ2n) is 5.16. The second kappa shape index (κ2) is 8.65. The average molecular weight is 550 g/mol. The van der Waals surface area contributed by atoms with E-state index in [0.29, 0.717) is 5.75 Å². The van der Waals surface area contributed by atoms with Crippen LogP contribution >= 0.6 is 45.2 Å². The third-order valence-electron chi connectivity index (χ3n) is 3.29. The minimum Gasteiger partial charge on any atom is -0.506 e. The van der Waals surface area contributed by atoms with Crippen molar-refractivity contribution in [1.29, 1.82) is 0 Å². The largest absolute Gasteiger partial charge is 0.506 e. The first-order chi connectivity index (χ1) is 11.4. The first-order valence-electron chi connectivity index (χ1n) is 7.07. The van der Waals surface area contributed by atoms with Gasteiger partial charge in [-0.2, -0.15) is 5.10 Å². The predicted octanol–water partition coefficient (Wildman–Crippen LogP) is 3.75. The van der Waals surface area contributed by atoms with Crippen LogP contribution in [0.4, 0.5) is 0 Å². The number of nitrogens with one attached hydrogen (secondary N) is 1. The van der Waals surface area contributed by atoms with Crippen molar-refractivity contribution < 1.29 is 14.6 Å². The van der Waals surface area contributed by atoms with Crippen molar-refractivity contribution >= 4 is 57.3 Å². The standard InChI is InChI=1S/C17H16I2N2O3/c1-10-3-4-13(5-11(10)2)24-9-16(22)21-20-8-12-6-14(18)17(23)15(19)7-12/h3-8,23H,9H2,1-2H3,(H,21,22)/b20-8-. The summed E-state index contributed by atoms with van der Waals surface area (Å²) < 4.78 is 6.89. The molecule has 2 aromatic carbocycles. The highest BCUT2D eigenvalue weighted by Gasteiger charge is 2.05. The SMILES string of the molecule is Cc1ccc(OCC(=O)N/N=C\c2cc(I)c(O)c(I)c2)cc1C. The number of amides is 1. The van der Waals surface area contributed by atoms with Crippen molar-refractivity contribution in [2.45, 2.75) is 13.8 Å². The number of aromatic hydroxyl groups is 1. The highest BCUT2D eigenvalue weighted by atomic mass is 127. The lowest BCUT2D eigenvalue weighted by atomic mass is 10.1. The molecule has 0 spiro atoms. The lowest BCUT2D eigenvalue weighted by Crippen LogP contribution is -2.24. The highest BCUT2D eigenvalue weighted by molar-refractivity contribution is 14.1. The maximum Gasteiger partial charge on any atom is 0.277 e. The van der Waals surface area contributed by atoms with E-state index in [9.17, 15) is 9.90 Å². The summed E-state index contributed by atoms with van der Waals surface area (Å²) in [6.07, 6.45) is 1.53. The number of phenols is 1. The van der Waals surface area contributed by atoms with Crippen molar-refractivity contribution in [2.75, 3.05) is 6.61 Å². The molecule has 126 valence electrons. The molecule has 0 radical (unpaired) electrons. The molecule has 0 unspecified atom stereocenters. The van der Waals surface area contributed by atoms with Crippen molar-refractivity contribution in [2.24, 2.45) is 5.10 Å². The third-order valence-corrected chi connectivity index (χ3v) is 4.94. The molecule has 2 N–H and O–H groups in total. The van der Waals surface area contributed by atoms with E-state index in [1.807, 2.05) is 77.2 Å². The van der Waals surface area contributed by atoms with Gasteiger partial charge in [-0.1, -0.05) is 6.07 Å². The number of aryl methyl sites for hydroxylation is 2. The Morgan fingerprint density at radius 3 is 2.50 bits per heavy atom. The Labute approximate surface area is 167 Å². The Bertz CT molecular complexity index is 768. The van der Waals surface area contributed by atoms with E-state index in [2.05, 4.69) is 10.5 Å². The Morgan fingerprint density at radius 2 is 1.88 bits per heavy atom. The fraction of sp³-hybridized carbons (Fsp3) is 0.176. The zero-order chi connectivity index (χ0) is 17.7. The van der Waals surface area contributed by atoms with Gasteiger partial charge >= 0.3 is 0 Å². The Balaban J connectivity index is 1.87. The molecule has 0 aliphatic carbocycles. The number of benzene rings is 2. The Morgan fingerprint density at radius 1 is 1.21 bits per heavy atom. The minimum absolute atomic E-state index is 0.107. The molecule has 0 aliphatic rings. The molecule has 0 saturated heterocycles. The number of carbonyl (C=O) groups excluding carboxylic acids is 1. The van der Waals surface area contributed by atoms with Crippen molar-refractivity contribution in [3.05, 3.63) is 54.2 Å². The zero-order valence-corrected chi connectivity index (χ0v) is 17.5. The number of phenolic OH excluding ortho intramolecular Hbond substituents is 1. The molecular weight excluding hydrogens is 534 g/mol. The summed E-state index contributed by atoms with van der Waals surface area (Å²) >= 11 is 4.08. The summed E-state index contributed by atoms with van der Waals surface area (Å²) in [5, 5.41) is 13.6. The number of hydrogen-bond donors (Lipinski definition) is 2. The van der Waals surface area contributed by atoms with E-state index in [-0.39, 0.29) is 18.3 Å². The highest BCUT2D eigenvalue weighted by Crippen LogP contribution is 2.26. The van der Waals surface area contributed by atoms with E-state index in [1.54, 1.807) is 12.1 Å². The summed E-state index contributed by atoms with van der Waals surface area (Å²) in [6, 6.07) is 9.23. The Hall–Kier alpha value is -1.36. The van der Waals surface area contributed by atoms with Gasteiger partial charge in [0.25, 0.3) is 5.91 Å². The van der Waals surface area contributed by atoms with Crippen molar-refractivity contribution in [3.8, 4) is 11.5 Å².